The third-order valence-electron chi connectivity index (χ3n) is 3.06. The highest BCUT2D eigenvalue weighted by Gasteiger charge is 2.16. The van der Waals surface area contributed by atoms with Crippen molar-refractivity contribution in [2.45, 2.75) is 13.0 Å². The Bertz CT molecular complexity index is 740. The van der Waals surface area contributed by atoms with Crippen LogP contribution in [0.4, 0.5) is 5.69 Å². The standard InChI is InChI=1S/C18H15Cl2NO3/c1-12(18(23)21-16-9-7-15(20)8-10-16)24-17(22)11-4-13-2-5-14(19)6-3-13/h2-12H,1H3,(H,21,23)/b11-4+. The first-order valence-electron chi connectivity index (χ1n) is 7.15. The van der Waals surface area contributed by atoms with Gasteiger partial charge in [-0.15, -0.1) is 0 Å². The Labute approximate surface area is 150 Å². The summed E-state index contributed by atoms with van der Waals surface area (Å²) in [5.74, 6) is -1.03. The van der Waals surface area contributed by atoms with Crippen LogP contribution in [0.3, 0.4) is 0 Å². The Morgan fingerprint density at radius 1 is 1.00 bits per heavy atom. The van der Waals surface area contributed by atoms with Gasteiger partial charge in [-0.1, -0.05) is 35.3 Å². The molecule has 0 bridgehead atoms. The minimum absolute atomic E-state index is 0.425. The Hall–Kier alpha value is -2.30. The monoisotopic (exact) mass is 363 g/mol. The molecule has 4 nitrogen and oxygen atoms in total. The van der Waals surface area contributed by atoms with E-state index in [1.807, 2.05) is 0 Å². The predicted octanol–water partition coefficient (Wildman–Crippen LogP) is 4.58. The second-order valence-electron chi connectivity index (χ2n) is 4.96. The molecule has 1 amide bonds. The number of amides is 1. The Kier molecular flexibility index (Phi) is 6.41. The highest BCUT2D eigenvalue weighted by atomic mass is 35.5. The van der Waals surface area contributed by atoms with Crippen molar-refractivity contribution in [1.82, 2.24) is 0 Å². The van der Waals surface area contributed by atoms with Crippen molar-refractivity contribution in [1.29, 1.82) is 0 Å². The van der Waals surface area contributed by atoms with Gasteiger partial charge in [0.2, 0.25) is 0 Å². The number of esters is 1. The molecule has 6 heteroatoms. The lowest BCUT2D eigenvalue weighted by Crippen LogP contribution is -2.29. The summed E-state index contributed by atoms with van der Waals surface area (Å²) >= 11 is 11.6. The smallest absolute Gasteiger partial charge is 0.331 e. The molecular formula is C18H15Cl2NO3. The van der Waals surface area contributed by atoms with Crippen molar-refractivity contribution < 1.29 is 14.3 Å². The Morgan fingerprint density at radius 2 is 1.54 bits per heavy atom. The molecule has 0 heterocycles. The molecule has 2 rings (SSSR count). The molecule has 0 radical (unpaired) electrons. The molecule has 0 aliphatic rings. The van der Waals surface area contributed by atoms with E-state index in [9.17, 15) is 9.59 Å². The number of hydrogen-bond acceptors (Lipinski definition) is 3. The van der Waals surface area contributed by atoms with Crippen molar-refractivity contribution in [3.8, 4) is 0 Å². The highest BCUT2D eigenvalue weighted by Crippen LogP contribution is 2.14. The summed E-state index contributed by atoms with van der Waals surface area (Å²) in [6, 6.07) is 13.6. The molecule has 0 aliphatic carbocycles. The number of carbonyl (C=O) groups is 2. The van der Waals surface area contributed by atoms with Crippen LogP contribution in [-0.2, 0) is 14.3 Å². The average Bonchev–Trinajstić information content (AvgIpc) is 2.56. The van der Waals surface area contributed by atoms with Gasteiger partial charge in [0.1, 0.15) is 0 Å². The minimum Gasteiger partial charge on any atom is -0.449 e. The van der Waals surface area contributed by atoms with Crippen molar-refractivity contribution in [3.05, 3.63) is 70.2 Å². The largest absolute Gasteiger partial charge is 0.449 e. The van der Waals surface area contributed by atoms with Gasteiger partial charge in [-0.25, -0.2) is 4.79 Å². The second kappa shape index (κ2) is 8.52. The normalized spacial score (nSPS) is 12.0. The molecule has 1 atom stereocenters. The molecule has 0 spiro atoms. The average molecular weight is 364 g/mol. The maximum Gasteiger partial charge on any atom is 0.331 e. The Balaban J connectivity index is 1.87. The second-order valence-corrected chi connectivity index (χ2v) is 5.83. The quantitative estimate of drug-likeness (QED) is 0.624. The van der Waals surface area contributed by atoms with Gasteiger partial charge in [-0.3, -0.25) is 4.79 Å². The number of benzene rings is 2. The van der Waals surface area contributed by atoms with Gasteiger partial charge in [-0.05, 0) is 55.0 Å². The first-order chi connectivity index (χ1) is 11.4. The molecule has 2 aromatic rings. The Morgan fingerprint density at radius 3 is 2.12 bits per heavy atom. The molecule has 0 saturated heterocycles. The van der Waals surface area contributed by atoms with E-state index in [1.54, 1.807) is 54.6 Å². The van der Waals surface area contributed by atoms with Crippen LogP contribution in [-0.4, -0.2) is 18.0 Å². The molecule has 1 unspecified atom stereocenters. The molecule has 124 valence electrons. The van der Waals surface area contributed by atoms with Crippen molar-refractivity contribution in [2.75, 3.05) is 5.32 Å². The molecule has 0 aromatic heterocycles. The van der Waals surface area contributed by atoms with E-state index in [-0.39, 0.29) is 0 Å². The van der Waals surface area contributed by atoms with Gasteiger partial charge in [0, 0.05) is 21.8 Å². The summed E-state index contributed by atoms with van der Waals surface area (Å²) in [7, 11) is 0. The van der Waals surface area contributed by atoms with Gasteiger partial charge < -0.3 is 10.1 Å². The fourth-order valence-electron chi connectivity index (χ4n) is 1.78. The van der Waals surface area contributed by atoms with Crippen molar-refractivity contribution in [2.24, 2.45) is 0 Å². The lowest BCUT2D eigenvalue weighted by atomic mass is 10.2. The van der Waals surface area contributed by atoms with E-state index in [0.717, 1.165) is 5.56 Å². The molecule has 24 heavy (non-hydrogen) atoms. The third-order valence-corrected chi connectivity index (χ3v) is 3.56. The number of anilines is 1. The molecule has 0 saturated carbocycles. The maximum absolute atomic E-state index is 12.0. The third kappa shape index (κ3) is 5.72. The van der Waals surface area contributed by atoms with Crippen LogP contribution >= 0.6 is 23.2 Å². The van der Waals surface area contributed by atoms with Gasteiger partial charge in [0.05, 0.1) is 0 Å². The van der Waals surface area contributed by atoms with E-state index in [2.05, 4.69) is 5.32 Å². The molecule has 0 fully saturated rings. The molecular weight excluding hydrogens is 349 g/mol. The molecule has 1 N–H and O–H groups in total. The topological polar surface area (TPSA) is 55.4 Å². The predicted molar refractivity (Wildman–Crippen MR) is 96.1 cm³/mol. The maximum atomic E-state index is 12.0. The molecule has 2 aromatic carbocycles. The number of halogens is 2. The summed E-state index contributed by atoms with van der Waals surface area (Å²) in [6.45, 7) is 1.50. The summed E-state index contributed by atoms with van der Waals surface area (Å²) in [5.41, 5.74) is 1.37. The fraction of sp³-hybridized carbons (Fsp3) is 0.111. The fourth-order valence-corrected chi connectivity index (χ4v) is 2.03. The first kappa shape index (κ1) is 18.0. The number of hydrogen-bond donors (Lipinski definition) is 1. The first-order valence-corrected chi connectivity index (χ1v) is 7.90. The van der Waals surface area contributed by atoms with Crippen molar-refractivity contribution in [3.63, 3.8) is 0 Å². The van der Waals surface area contributed by atoms with E-state index in [1.165, 1.54) is 13.0 Å². The van der Waals surface area contributed by atoms with Crippen LogP contribution in [0.15, 0.2) is 54.6 Å². The zero-order valence-corrected chi connectivity index (χ0v) is 14.3. The summed E-state index contributed by atoms with van der Waals surface area (Å²) in [6.07, 6.45) is 1.92. The van der Waals surface area contributed by atoms with Gasteiger partial charge in [-0.2, -0.15) is 0 Å². The number of ether oxygens (including phenoxy) is 1. The highest BCUT2D eigenvalue weighted by molar-refractivity contribution is 6.30. The van der Waals surface area contributed by atoms with Gasteiger partial charge in [0.25, 0.3) is 5.91 Å². The molecule has 0 aliphatic heterocycles. The van der Waals surface area contributed by atoms with Crippen LogP contribution in [0, 0.1) is 0 Å². The lowest BCUT2D eigenvalue weighted by Gasteiger charge is -2.12. The van der Waals surface area contributed by atoms with Crippen LogP contribution in [0.25, 0.3) is 6.08 Å². The zero-order chi connectivity index (χ0) is 17.5. The van der Waals surface area contributed by atoms with Crippen LogP contribution in [0.1, 0.15) is 12.5 Å². The van der Waals surface area contributed by atoms with Gasteiger partial charge in [0.15, 0.2) is 6.10 Å². The van der Waals surface area contributed by atoms with Crippen molar-refractivity contribution >= 4 is 46.8 Å². The summed E-state index contributed by atoms with van der Waals surface area (Å²) in [5, 5.41) is 3.82. The minimum atomic E-state index is -0.928. The summed E-state index contributed by atoms with van der Waals surface area (Å²) in [4.78, 5) is 23.7. The van der Waals surface area contributed by atoms with Crippen LogP contribution < -0.4 is 5.32 Å². The van der Waals surface area contributed by atoms with E-state index < -0.39 is 18.0 Å². The van der Waals surface area contributed by atoms with E-state index in [4.69, 9.17) is 27.9 Å². The van der Waals surface area contributed by atoms with Crippen LogP contribution in [0.5, 0.6) is 0 Å². The number of rotatable bonds is 5. The van der Waals surface area contributed by atoms with Gasteiger partial charge >= 0.3 is 5.97 Å². The van der Waals surface area contributed by atoms with E-state index in [0.29, 0.717) is 15.7 Å². The lowest BCUT2D eigenvalue weighted by molar-refractivity contribution is -0.148. The number of carbonyl (C=O) groups excluding carboxylic acids is 2. The SMILES string of the molecule is CC(OC(=O)/C=C/c1ccc(Cl)cc1)C(=O)Nc1ccc(Cl)cc1. The zero-order valence-electron chi connectivity index (χ0n) is 12.8. The van der Waals surface area contributed by atoms with E-state index >= 15 is 0 Å². The number of nitrogens with one attached hydrogen (secondary N) is 1. The summed E-state index contributed by atoms with van der Waals surface area (Å²) < 4.78 is 5.06. The van der Waals surface area contributed by atoms with Crippen LogP contribution in [0.2, 0.25) is 10.0 Å².